The lowest BCUT2D eigenvalue weighted by molar-refractivity contribution is -0.0228. The molecule has 0 radical (unpaired) electrons. The molecule has 1 aromatic carbocycles. The Morgan fingerprint density at radius 2 is 2.05 bits per heavy atom. The van der Waals surface area contributed by atoms with E-state index in [1.807, 2.05) is 19.2 Å². The topological polar surface area (TPSA) is 30.5 Å². The zero-order valence-corrected chi connectivity index (χ0v) is 13.4. The first-order valence-electron chi connectivity index (χ1n) is 8.31. The van der Waals surface area contributed by atoms with Gasteiger partial charge in [0.25, 0.3) is 0 Å². The van der Waals surface area contributed by atoms with Gasteiger partial charge < -0.3 is 14.8 Å². The van der Waals surface area contributed by atoms with Gasteiger partial charge in [-0.3, -0.25) is 0 Å². The summed E-state index contributed by atoms with van der Waals surface area (Å²) in [6, 6.07) is 8.24. The second-order valence-corrected chi connectivity index (χ2v) is 5.89. The normalized spacial score (nSPS) is 22.2. The Morgan fingerprint density at radius 3 is 2.86 bits per heavy atom. The fourth-order valence-electron chi connectivity index (χ4n) is 3.17. The van der Waals surface area contributed by atoms with Crippen LogP contribution in [0.3, 0.4) is 0 Å². The van der Waals surface area contributed by atoms with E-state index < -0.39 is 0 Å². The molecule has 0 heterocycles. The third kappa shape index (κ3) is 5.33. The third-order valence-corrected chi connectivity index (χ3v) is 4.33. The van der Waals surface area contributed by atoms with Crippen LogP contribution in [0.2, 0.25) is 0 Å². The molecule has 0 amide bonds. The first kappa shape index (κ1) is 16.3. The van der Waals surface area contributed by atoms with Crippen LogP contribution in [0.4, 0.5) is 0 Å². The van der Waals surface area contributed by atoms with Crippen LogP contribution < -0.4 is 10.1 Å². The summed E-state index contributed by atoms with van der Waals surface area (Å²) >= 11 is 0. The molecule has 1 aromatic rings. The van der Waals surface area contributed by atoms with Gasteiger partial charge in [-0.15, -0.1) is 0 Å². The molecule has 0 bridgehead atoms. The lowest BCUT2D eigenvalue weighted by Crippen LogP contribution is -2.28. The van der Waals surface area contributed by atoms with Gasteiger partial charge in [-0.25, -0.2) is 0 Å². The predicted octanol–water partition coefficient (Wildman–Crippen LogP) is 3.77. The molecule has 0 aliphatic heterocycles. The summed E-state index contributed by atoms with van der Waals surface area (Å²) in [5.74, 6) is 1.68. The number of rotatable bonds is 8. The zero-order valence-electron chi connectivity index (χ0n) is 13.4. The van der Waals surface area contributed by atoms with E-state index in [2.05, 4.69) is 24.4 Å². The van der Waals surface area contributed by atoms with E-state index in [9.17, 15) is 0 Å². The molecule has 0 aromatic heterocycles. The van der Waals surface area contributed by atoms with Crippen molar-refractivity contribution in [2.45, 2.75) is 51.7 Å². The third-order valence-electron chi connectivity index (χ3n) is 4.33. The number of benzene rings is 1. The first-order chi connectivity index (χ1) is 10.3. The number of ether oxygens (including phenoxy) is 2. The van der Waals surface area contributed by atoms with Gasteiger partial charge in [-0.1, -0.05) is 38.3 Å². The molecular formula is C18H29NO2. The van der Waals surface area contributed by atoms with Crippen molar-refractivity contribution in [2.24, 2.45) is 5.92 Å². The largest absolute Gasteiger partial charge is 0.491 e. The Kier molecular flexibility index (Phi) is 7.04. The van der Waals surface area contributed by atoms with Crippen molar-refractivity contribution < 1.29 is 9.47 Å². The van der Waals surface area contributed by atoms with E-state index in [1.54, 1.807) is 0 Å². The lowest BCUT2D eigenvalue weighted by Gasteiger charge is -2.30. The first-order valence-corrected chi connectivity index (χ1v) is 8.31. The molecule has 1 saturated carbocycles. The minimum Gasteiger partial charge on any atom is -0.491 e. The number of hydrogen-bond donors (Lipinski definition) is 1. The maximum Gasteiger partial charge on any atom is 0.119 e. The van der Waals surface area contributed by atoms with Crippen LogP contribution in [0.25, 0.3) is 0 Å². The Labute approximate surface area is 129 Å². The summed E-state index contributed by atoms with van der Waals surface area (Å²) < 4.78 is 11.8. The number of hydrogen-bond acceptors (Lipinski definition) is 3. The second kappa shape index (κ2) is 9.06. The zero-order chi connectivity index (χ0) is 14.9. The molecule has 1 aliphatic rings. The molecule has 2 atom stereocenters. The number of nitrogens with one attached hydrogen (secondary N) is 1. The fourth-order valence-corrected chi connectivity index (χ4v) is 3.17. The molecule has 2 unspecified atom stereocenters. The van der Waals surface area contributed by atoms with Crippen molar-refractivity contribution in [3.05, 3.63) is 29.8 Å². The monoisotopic (exact) mass is 291 g/mol. The van der Waals surface area contributed by atoms with Crippen molar-refractivity contribution in [1.29, 1.82) is 0 Å². The van der Waals surface area contributed by atoms with Gasteiger partial charge in [0.1, 0.15) is 12.4 Å². The molecule has 21 heavy (non-hydrogen) atoms. The van der Waals surface area contributed by atoms with Gasteiger partial charge in [0.15, 0.2) is 0 Å². The van der Waals surface area contributed by atoms with Crippen LogP contribution >= 0.6 is 0 Å². The molecule has 1 fully saturated rings. The average Bonchev–Trinajstić information content (AvgIpc) is 2.53. The van der Waals surface area contributed by atoms with E-state index in [0.29, 0.717) is 19.3 Å². The van der Waals surface area contributed by atoms with Crippen LogP contribution in [0, 0.1) is 5.92 Å². The quantitative estimate of drug-likeness (QED) is 0.740. The minimum absolute atomic E-state index is 0.447. The highest BCUT2D eigenvalue weighted by Crippen LogP contribution is 2.29. The molecule has 0 saturated heterocycles. The van der Waals surface area contributed by atoms with Crippen LogP contribution in [0.5, 0.6) is 5.75 Å². The lowest BCUT2D eigenvalue weighted by atomic mass is 9.85. The van der Waals surface area contributed by atoms with Gasteiger partial charge in [-0.05, 0) is 43.5 Å². The van der Waals surface area contributed by atoms with E-state index >= 15 is 0 Å². The maximum absolute atomic E-state index is 6.05. The summed E-state index contributed by atoms with van der Waals surface area (Å²) in [6.07, 6.45) is 6.91. The van der Waals surface area contributed by atoms with Crippen LogP contribution in [0.15, 0.2) is 24.3 Å². The van der Waals surface area contributed by atoms with E-state index in [-0.39, 0.29) is 0 Å². The molecule has 2 rings (SSSR count). The van der Waals surface area contributed by atoms with Crippen molar-refractivity contribution >= 4 is 0 Å². The van der Waals surface area contributed by atoms with Gasteiger partial charge >= 0.3 is 0 Å². The molecule has 118 valence electrons. The fraction of sp³-hybridized carbons (Fsp3) is 0.667. The van der Waals surface area contributed by atoms with Gasteiger partial charge in [0, 0.05) is 6.54 Å². The standard InChI is InChI=1S/C18H29NO2/c1-3-16-8-4-5-10-18(16)21-12-11-20-17-9-6-7-15(13-17)14-19-2/h6-7,9,13,16,18-19H,3-5,8,10-12,14H2,1-2H3. The van der Waals surface area contributed by atoms with E-state index in [0.717, 1.165) is 18.2 Å². The Morgan fingerprint density at radius 1 is 1.19 bits per heavy atom. The van der Waals surface area contributed by atoms with Crippen LogP contribution in [-0.4, -0.2) is 26.4 Å². The highest BCUT2D eigenvalue weighted by Gasteiger charge is 2.23. The molecule has 3 nitrogen and oxygen atoms in total. The summed E-state index contributed by atoms with van der Waals surface area (Å²) in [5.41, 5.74) is 1.24. The van der Waals surface area contributed by atoms with Crippen LogP contribution in [0.1, 0.15) is 44.6 Å². The maximum atomic E-state index is 6.05. The van der Waals surface area contributed by atoms with Gasteiger partial charge in [0.2, 0.25) is 0 Å². The van der Waals surface area contributed by atoms with Crippen LogP contribution in [-0.2, 0) is 11.3 Å². The molecular weight excluding hydrogens is 262 g/mol. The summed E-state index contributed by atoms with van der Waals surface area (Å²) in [7, 11) is 1.95. The summed E-state index contributed by atoms with van der Waals surface area (Å²) in [4.78, 5) is 0. The minimum atomic E-state index is 0.447. The molecule has 1 aliphatic carbocycles. The smallest absolute Gasteiger partial charge is 0.119 e. The Hall–Kier alpha value is -1.06. The van der Waals surface area contributed by atoms with Crippen molar-refractivity contribution in [1.82, 2.24) is 5.32 Å². The van der Waals surface area contributed by atoms with Gasteiger partial charge in [0.05, 0.1) is 12.7 Å². The van der Waals surface area contributed by atoms with Crippen molar-refractivity contribution in [3.63, 3.8) is 0 Å². The summed E-state index contributed by atoms with van der Waals surface area (Å²) in [6.45, 7) is 4.47. The SMILES string of the molecule is CCC1CCCCC1OCCOc1cccc(CNC)c1. The highest BCUT2D eigenvalue weighted by atomic mass is 16.5. The average molecular weight is 291 g/mol. The Balaban J connectivity index is 1.70. The second-order valence-electron chi connectivity index (χ2n) is 5.89. The molecule has 0 spiro atoms. The van der Waals surface area contributed by atoms with Crippen molar-refractivity contribution in [2.75, 3.05) is 20.3 Å². The van der Waals surface area contributed by atoms with Crippen molar-refractivity contribution in [3.8, 4) is 5.75 Å². The summed E-state index contributed by atoms with van der Waals surface area (Å²) in [5, 5.41) is 3.15. The molecule has 1 N–H and O–H groups in total. The van der Waals surface area contributed by atoms with Gasteiger partial charge in [-0.2, -0.15) is 0 Å². The predicted molar refractivity (Wildman–Crippen MR) is 86.7 cm³/mol. The van der Waals surface area contributed by atoms with E-state index in [4.69, 9.17) is 9.47 Å². The molecule has 3 heteroatoms. The highest BCUT2D eigenvalue weighted by molar-refractivity contribution is 5.28. The Bertz CT molecular complexity index is 408. The van der Waals surface area contributed by atoms with E-state index in [1.165, 1.54) is 37.7 Å².